The van der Waals surface area contributed by atoms with Gasteiger partial charge in [-0.1, -0.05) is 12.1 Å². The van der Waals surface area contributed by atoms with Gasteiger partial charge in [-0.3, -0.25) is 4.79 Å². The highest BCUT2D eigenvalue weighted by molar-refractivity contribution is 6.01. The smallest absolute Gasteiger partial charge is 0.262 e. The van der Waals surface area contributed by atoms with Crippen molar-refractivity contribution in [1.29, 1.82) is 5.26 Å². The number of nitrogens with zero attached hydrogens (tertiary/aromatic N) is 1. The van der Waals surface area contributed by atoms with Crippen LogP contribution in [0.2, 0.25) is 0 Å². The summed E-state index contributed by atoms with van der Waals surface area (Å²) in [7, 11) is 3.09. The molecular weight excluding hydrogens is 320 g/mol. The fraction of sp³-hybridized carbons (Fsp3) is 0.158. The first kappa shape index (κ1) is 17.9. The van der Waals surface area contributed by atoms with Crippen LogP contribution in [0.4, 0.5) is 0 Å². The predicted octanol–water partition coefficient (Wildman–Crippen LogP) is 2.63. The third-order valence-electron chi connectivity index (χ3n) is 3.50. The van der Waals surface area contributed by atoms with Gasteiger partial charge in [-0.2, -0.15) is 5.26 Å². The number of phenols is 1. The molecule has 128 valence electrons. The minimum absolute atomic E-state index is 0.0295. The van der Waals surface area contributed by atoms with Gasteiger partial charge in [-0.25, -0.2) is 0 Å². The summed E-state index contributed by atoms with van der Waals surface area (Å²) in [6.45, 7) is 0.209. The number of carbonyl (C=O) groups excluding carboxylic acids is 1. The number of aromatic hydroxyl groups is 1. The number of nitriles is 1. The van der Waals surface area contributed by atoms with E-state index >= 15 is 0 Å². The summed E-state index contributed by atoms with van der Waals surface area (Å²) in [5.41, 5.74) is 1.38. The van der Waals surface area contributed by atoms with Gasteiger partial charge in [0.1, 0.15) is 28.9 Å². The van der Waals surface area contributed by atoms with Crippen molar-refractivity contribution in [3.05, 3.63) is 59.2 Å². The van der Waals surface area contributed by atoms with Crippen LogP contribution in [-0.4, -0.2) is 25.2 Å². The highest BCUT2D eigenvalue weighted by Crippen LogP contribution is 2.24. The maximum absolute atomic E-state index is 12.2. The summed E-state index contributed by atoms with van der Waals surface area (Å²) in [4.78, 5) is 12.2. The molecule has 6 nitrogen and oxygen atoms in total. The number of hydrogen-bond acceptors (Lipinski definition) is 5. The zero-order valence-electron chi connectivity index (χ0n) is 13.9. The maximum atomic E-state index is 12.2. The third-order valence-corrected chi connectivity index (χ3v) is 3.50. The van der Waals surface area contributed by atoms with Crippen molar-refractivity contribution in [1.82, 2.24) is 5.32 Å². The van der Waals surface area contributed by atoms with E-state index in [0.29, 0.717) is 17.1 Å². The van der Waals surface area contributed by atoms with E-state index in [0.717, 1.165) is 5.56 Å². The first-order chi connectivity index (χ1) is 12.1. The van der Waals surface area contributed by atoms with Crippen LogP contribution in [0.15, 0.2) is 48.0 Å². The lowest BCUT2D eigenvalue weighted by Crippen LogP contribution is -2.24. The van der Waals surface area contributed by atoms with Gasteiger partial charge in [0.2, 0.25) is 0 Å². The van der Waals surface area contributed by atoms with Gasteiger partial charge in [0, 0.05) is 18.2 Å². The van der Waals surface area contributed by atoms with Crippen molar-refractivity contribution >= 4 is 12.0 Å². The van der Waals surface area contributed by atoms with Crippen molar-refractivity contribution in [3.8, 4) is 23.3 Å². The number of phenolic OH excluding ortho intramolecular Hbond substituents is 1. The number of benzene rings is 2. The van der Waals surface area contributed by atoms with Gasteiger partial charge < -0.3 is 19.9 Å². The zero-order valence-corrected chi connectivity index (χ0v) is 13.9. The number of nitrogens with one attached hydrogen (secondary N) is 1. The van der Waals surface area contributed by atoms with E-state index in [1.54, 1.807) is 37.4 Å². The van der Waals surface area contributed by atoms with Crippen LogP contribution < -0.4 is 14.8 Å². The predicted molar refractivity (Wildman–Crippen MR) is 93.1 cm³/mol. The van der Waals surface area contributed by atoms with Crippen molar-refractivity contribution in [2.45, 2.75) is 6.54 Å². The molecule has 2 rings (SSSR count). The Labute approximate surface area is 145 Å². The van der Waals surface area contributed by atoms with Crippen LogP contribution in [0.25, 0.3) is 6.08 Å². The Bertz CT molecular complexity index is 820. The van der Waals surface area contributed by atoms with Gasteiger partial charge in [0.15, 0.2) is 0 Å². The lowest BCUT2D eigenvalue weighted by atomic mass is 10.1. The molecule has 0 aliphatic heterocycles. The van der Waals surface area contributed by atoms with E-state index in [9.17, 15) is 15.2 Å². The SMILES string of the molecule is COc1ccc(CNC(=O)/C(C#N)=C/c2ccc(O)cc2)c(OC)c1. The summed E-state index contributed by atoms with van der Waals surface area (Å²) < 4.78 is 10.4. The molecule has 0 aliphatic rings. The second kappa shape index (κ2) is 8.41. The minimum Gasteiger partial charge on any atom is -0.508 e. The quantitative estimate of drug-likeness (QED) is 0.624. The molecule has 25 heavy (non-hydrogen) atoms. The number of ether oxygens (including phenoxy) is 2. The Morgan fingerprint density at radius 2 is 1.92 bits per heavy atom. The number of amides is 1. The van der Waals surface area contributed by atoms with Crippen LogP contribution in [0.3, 0.4) is 0 Å². The van der Waals surface area contributed by atoms with E-state index < -0.39 is 5.91 Å². The van der Waals surface area contributed by atoms with Gasteiger partial charge in [0.05, 0.1) is 14.2 Å². The molecule has 0 radical (unpaired) electrons. The summed E-state index contributed by atoms with van der Waals surface area (Å²) >= 11 is 0. The standard InChI is InChI=1S/C19H18N2O4/c1-24-17-8-5-14(18(10-17)25-2)12-21-19(23)15(11-20)9-13-3-6-16(22)7-4-13/h3-10,22H,12H2,1-2H3,(H,21,23)/b15-9+. The summed E-state index contributed by atoms with van der Waals surface area (Å²) in [5, 5.41) is 21.2. The molecular formula is C19H18N2O4. The molecule has 0 aromatic heterocycles. The van der Waals surface area contributed by atoms with Gasteiger partial charge in [-0.05, 0) is 35.9 Å². The first-order valence-electron chi connectivity index (χ1n) is 7.47. The average molecular weight is 338 g/mol. The molecule has 2 aromatic carbocycles. The Balaban J connectivity index is 2.10. The van der Waals surface area contributed by atoms with Crippen molar-refractivity contribution in [3.63, 3.8) is 0 Å². The monoisotopic (exact) mass is 338 g/mol. The Kier molecular flexibility index (Phi) is 6.02. The Morgan fingerprint density at radius 1 is 1.20 bits per heavy atom. The normalized spacial score (nSPS) is 10.7. The summed E-state index contributed by atoms with van der Waals surface area (Å²) in [6.07, 6.45) is 1.46. The molecule has 0 unspecified atom stereocenters. The number of hydrogen-bond donors (Lipinski definition) is 2. The number of carbonyl (C=O) groups is 1. The maximum Gasteiger partial charge on any atom is 0.262 e. The van der Waals surface area contributed by atoms with Crippen LogP contribution in [0.1, 0.15) is 11.1 Å². The highest BCUT2D eigenvalue weighted by atomic mass is 16.5. The molecule has 6 heteroatoms. The molecule has 0 atom stereocenters. The molecule has 0 fully saturated rings. The molecule has 2 aromatic rings. The molecule has 0 aliphatic carbocycles. The van der Waals surface area contributed by atoms with Crippen LogP contribution >= 0.6 is 0 Å². The molecule has 2 N–H and O–H groups in total. The minimum atomic E-state index is -0.492. The Morgan fingerprint density at radius 3 is 2.52 bits per heavy atom. The van der Waals surface area contributed by atoms with Gasteiger partial charge in [-0.15, -0.1) is 0 Å². The highest BCUT2D eigenvalue weighted by Gasteiger charge is 2.11. The second-order valence-electron chi connectivity index (χ2n) is 5.12. The average Bonchev–Trinajstić information content (AvgIpc) is 2.65. The molecule has 0 saturated heterocycles. The lowest BCUT2D eigenvalue weighted by Gasteiger charge is -2.11. The van der Waals surface area contributed by atoms with E-state index in [4.69, 9.17) is 9.47 Å². The fourth-order valence-electron chi connectivity index (χ4n) is 2.15. The van der Waals surface area contributed by atoms with Crippen molar-refractivity contribution in [2.24, 2.45) is 0 Å². The van der Waals surface area contributed by atoms with Crippen molar-refractivity contribution in [2.75, 3.05) is 14.2 Å². The fourth-order valence-corrected chi connectivity index (χ4v) is 2.15. The zero-order chi connectivity index (χ0) is 18.2. The summed E-state index contributed by atoms with van der Waals surface area (Å²) in [5.74, 6) is 0.859. The van der Waals surface area contributed by atoms with Crippen molar-refractivity contribution < 1.29 is 19.4 Å². The molecule has 0 bridgehead atoms. The first-order valence-corrected chi connectivity index (χ1v) is 7.47. The largest absolute Gasteiger partial charge is 0.508 e. The van der Waals surface area contributed by atoms with Gasteiger partial charge >= 0.3 is 0 Å². The molecule has 0 saturated carbocycles. The second-order valence-corrected chi connectivity index (χ2v) is 5.12. The molecule has 1 amide bonds. The topological polar surface area (TPSA) is 91.6 Å². The lowest BCUT2D eigenvalue weighted by molar-refractivity contribution is -0.117. The van der Waals surface area contributed by atoms with E-state index in [2.05, 4.69) is 5.32 Å². The Hall–Kier alpha value is -3.46. The summed E-state index contributed by atoms with van der Waals surface area (Å²) in [6, 6.07) is 13.4. The molecule has 0 spiro atoms. The van der Waals surface area contributed by atoms with Gasteiger partial charge in [0.25, 0.3) is 5.91 Å². The van der Waals surface area contributed by atoms with E-state index in [1.807, 2.05) is 6.07 Å². The number of rotatable bonds is 6. The number of methoxy groups -OCH3 is 2. The third kappa shape index (κ3) is 4.75. The van der Waals surface area contributed by atoms with Crippen LogP contribution in [-0.2, 0) is 11.3 Å². The van der Waals surface area contributed by atoms with Crippen LogP contribution in [0, 0.1) is 11.3 Å². The molecule has 0 heterocycles. The van der Waals surface area contributed by atoms with Crippen LogP contribution in [0.5, 0.6) is 17.2 Å². The van der Waals surface area contributed by atoms with E-state index in [-0.39, 0.29) is 17.9 Å². The van der Waals surface area contributed by atoms with E-state index in [1.165, 1.54) is 25.3 Å².